The molecule has 5 nitrogen and oxygen atoms in total. The molecular weight excluding hydrogens is 314 g/mol. The molecule has 5 heteroatoms. The summed E-state index contributed by atoms with van der Waals surface area (Å²) in [6.45, 7) is 4.01. The number of amides is 2. The van der Waals surface area contributed by atoms with E-state index in [0.29, 0.717) is 17.8 Å². The number of hydrogen-bond acceptors (Lipinski definition) is 3. The van der Waals surface area contributed by atoms with Crippen LogP contribution in [0.2, 0.25) is 0 Å². The highest BCUT2D eigenvalue weighted by atomic mass is 16.2. The van der Waals surface area contributed by atoms with E-state index in [0.717, 1.165) is 37.1 Å². The topological polar surface area (TPSA) is 62.3 Å². The molecule has 1 fully saturated rings. The molecule has 1 aromatic heterocycles. The third-order valence-electron chi connectivity index (χ3n) is 4.42. The molecule has 1 aliphatic heterocycles. The van der Waals surface area contributed by atoms with Gasteiger partial charge in [-0.3, -0.25) is 14.6 Å². The maximum Gasteiger partial charge on any atom is 0.272 e. The van der Waals surface area contributed by atoms with Crippen molar-refractivity contribution in [2.24, 2.45) is 0 Å². The van der Waals surface area contributed by atoms with Crippen LogP contribution in [-0.4, -0.2) is 34.8 Å². The van der Waals surface area contributed by atoms with E-state index >= 15 is 0 Å². The van der Waals surface area contributed by atoms with Crippen molar-refractivity contribution in [3.63, 3.8) is 0 Å². The Morgan fingerprint density at radius 1 is 1.12 bits per heavy atom. The van der Waals surface area contributed by atoms with Gasteiger partial charge in [0.25, 0.3) is 11.8 Å². The molecule has 0 radical (unpaired) electrons. The van der Waals surface area contributed by atoms with Crippen molar-refractivity contribution in [3.05, 3.63) is 65.0 Å². The number of benzene rings is 1. The van der Waals surface area contributed by atoms with Gasteiger partial charge in [-0.15, -0.1) is 0 Å². The van der Waals surface area contributed by atoms with Crippen molar-refractivity contribution in [2.45, 2.75) is 32.7 Å². The Balaban J connectivity index is 1.65. The molecule has 1 aliphatic rings. The molecule has 1 saturated heterocycles. The average molecular weight is 337 g/mol. The zero-order chi connectivity index (χ0) is 17.6. The van der Waals surface area contributed by atoms with Crippen LogP contribution in [-0.2, 0) is 6.54 Å². The smallest absolute Gasteiger partial charge is 0.272 e. The highest BCUT2D eigenvalue weighted by Gasteiger charge is 2.20. The number of pyridine rings is 1. The fourth-order valence-corrected chi connectivity index (χ4v) is 3.05. The lowest BCUT2D eigenvalue weighted by molar-refractivity contribution is 0.0718. The lowest BCUT2D eigenvalue weighted by Crippen LogP contribution is -2.36. The molecule has 0 atom stereocenters. The van der Waals surface area contributed by atoms with E-state index in [1.807, 2.05) is 36.1 Å². The standard InChI is InChI=1S/C20H23N3O2/c1-15-6-5-7-16(12-15)14-22-19(24)17-8-9-21-18(13-17)20(25)23-10-3-2-4-11-23/h5-9,12-13H,2-4,10-11,14H2,1H3,(H,22,24). The van der Waals surface area contributed by atoms with Crippen molar-refractivity contribution in [2.75, 3.05) is 13.1 Å². The summed E-state index contributed by atoms with van der Waals surface area (Å²) in [7, 11) is 0. The van der Waals surface area contributed by atoms with Crippen LogP contribution in [0.15, 0.2) is 42.6 Å². The molecule has 1 N–H and O–H groups in total. The van der Waals surface area contributed by atoms with Gasteiger partial charge in [-0.1, -0.05) is 29.8 Å². The van der Waals surface area contributed by atoms with E-state index in [1.54, 1.807) is 12.1 Å². The van der Waals surface area contributed by atoms with Crippen LogP contribution < -0.4 is 5.32 Å². The number of nitrogens with zero attached hydrogens (tertiary/aromatic N) is 2. The normalized spacial score (nSPS) is 14.2. The maximum atomic E-state index is 12.5. The molecule has 0 bridgehead atoms. The lowest BCUT2D eigenvalue weighted by atomic mass is 10.1. The third kappa shape index (κ3) is 4.44. The first kappa shape index (κ1) is 17.1. The van der Waals surface area contributed by atoms with Gasteiger partial charge in [0.05, 0.1) is 0 Å². The van der Waals surface area contributed by atoms with Gasteiger partial charge >= 0.3 is 0 Å². The molecule has 0 aliphatic carbocycles. The van der Waals surface area contributed by atoms with Crippen molar-refractivity contribution < 1.29 is 9.59 Å². The second-order valence-electron chi connectivity index (χ2n) is 6.45. The Morgan fingerprint density at radius 3 is 2.68 bits per heavy atom. The molecule has 25 heavy (non-hydrogen) atoms. The first-order chi connectivity index (χ1) is 12.1. The Morgan fingerprint density at radius 2 is 1.92 bits per heavy atom. The van der Waals surface area contributed by atoms with Crippen LogP contribution in [0.3, 0.4) is 0 Å². The Labute approximate surface area is 148 Å². The predicted molar refractivity (Wildman–Crippen MR) is 96.3 cm³/mol. The van der Waals surface area contributed by atoms with Crippen LogP contribution in [0.1, 0.15) is 51.2 Å². The van der Waals surface area contributed by atoms with Crippen LogP contribution in [0.4, 0.5) is 0 Å². The van der Waals surface area contributed by atoms with Crippen LogP contribution >= 0.6 is 0 Å². The molecule has 0 unspecified atom stereocenters. The number of piperidine rings is 1. The van der Waals surface area contributed by atoms with E-state index in [1.165, 1.54) is 12.6 Å². The second-order valence-corrected chi connectivity index (χ2v) is 6.45. The molecule has 2 heterocycles. The summed E-state index contributed by atoms with van der Waals surface area (Å²) in [5.41, 5.74) is 3.00. The Kier molecular flexibility index (Phi) is 5.43. The van der Waals surface area contributed by atoms with Crippen molar-refractivity contribution >= 4 is 11.8 Å². The van der Waals surface area contributed by atoms with Gasteiger partial charge in [0, 0.05) is 31.4 Å². The summed E-state index contributed by atoms with van der Waals surface area (Å²) in [5, 5.41) is 2.90. The molecule has 2 aromatic rings. The molecule has 2 amide bonds. The Bertz CT molecular complexity index is 767. The number of aromatic nitrogens is 1. The number of aryl methyl sites for hydroxylation is 1. The van der Waals surface area contributed by atoms with Gasteiger partial charge in [-0.25, -0.2) is 0 Å². The van der Waals surface area contributed by atoms with Crippen molar-refractivity contribution in [1.82, 2.24) is 15.2 Å². The fourth-order valence-electron chi connectivity index (χ4n) is 3.05. The summed E-state index contributed by atoms with van der Waals surface area (Å²) in [6.07, 6.45) is 4.75. The highest BCUT2D eigenvalue weighted by Crippen LogP contribution is 2.13. The van der Waals surface area contributed by atoms with Gasteiger partial charge in [-0.2, -0.15) is 0 Å². The number of hydrogen-bond donors (Lipinski definition) is 1. The maximum absolute atomic E-state index is 12.5. The molecule has 0 spiro atoms. The minimum Gasteiger partial charge on any atom is -0.348 e. The number of nitrogens with one attached hydrogen (secondary N) is 1. The zero-order valence-corrected chi connectivity index (χ0v) is 14.5. The minimum atomic E-state index is -0.198. The zero-order valence-electron chi connectivity index (χ0n) is 14.5. The predicted octanol–water partition coefficient (Wildman–Crippen LogP) is 2.95. The summed E-state index contributed by atoms with van der Waals surface area (Å²) in [4.78, 5) is 30.9. The first-order valence-corrected chi connectivity index (χ1v) is 8.72. The fraction of sp³-hybridized carbons (Fsp3) is 0.350. The molecule has 3 rings (SSSR count). The van der Waals surface area contributed by atoms with Gasteiger partial charge in [0.1, 0.15) is 5.69 Å². The lowest BCUT2D eigenvalue weighted by Gasteiger charge is -2.26. The summed E-state index contributed by atoms with van der Waals surface area (Å²) in [6, 6.07) is 11.2. The third-order valence-corrected chi connectivity index (χ3v) is 4.42. The monoisotopic (exact) mass is 337 g/mol. The molecule has 1 aromatic carbocycles. The summed E-state index contributed by atoms with van der Waals surface area (Å²) >= 11 is 0. The van der Waals surface area contributed by atoms with E-state index < -0.39 is 0 Å². The highest BCUT2D eigenvalue weighted by molar-refractivity contribution is 5.98. The van der Waals surface area contributed by atoms with Crippen LogP contribution in [0, 0.1) is 6.92 Å². The van der Waals surface area contributed by atoms with Crippen LogP contribution in [0.25, 0.3) is 0 Å². The van der Waals surface area contributed by atoms with E-state index in [9.17, 15) is 9.59 Å². The van der Waals surface area contributed by atoms with Crippen molar-refractivity contribution in [1.29, 1.82) is 0 Å². The number of rotatable bonds is 4. The molecule has 0 saturated carbocycles. The average Bonchev–Trinajstić information content (AvgIpc) is 2.66. The number of carbonyl (C=O) groups excluding carboxylic acids is 2. The largest absolute Gasteiger partial charge is 0.348 e. The van der Waals surface area contributed by atoms with Gasteiger partial charge in [0.2, 0.25) is 0 Å². The second kappa shape index (κ2) is 7.92. The van der Waals surface area contributed by atoms with E-state index in [2.05, 4.69) is 10.3 Å². The molecule has 130 valence electrons. The number of carbonyl (C=O) groups is 2. The van der Waals surface area contributed by atoms with E-state index in [-0.39, 0.29) is 11.8 Å². The van der Waals surface area contributed by atoms with Crippen LogP contribution in [0.5, 0.6) is 0 Å². The Hall–Kier alpha value is -2.69. The summed E-state index contributed by atoms with van der Waals surface area (Å²) in [5.74, 6) is -0.287. The first-order valence-electron chi connectivity index (χ1n) is 8.72. The number of likely N-dealkylation sites (tertiary alicyclic amines) is 1. The summed E-state index contributed by atoms with van der Waals surface area (Å²) < 4.78 is 0. The van der Waals surface area contributed by atoms with E-state index in [4.69, 9.17) is 0 Å². The van der Waals surface area contributed by atoms with Gasteiger partial charge < -0.3 is 10.2 Å². The van der Waals surface area contributed by atoms with Gasteiger partial charge in [0.15, 0.2) is 0 Å². The van der Waals surface area contributed by atoms with Gasteiger partial charge in [-0.05, 0) is 43.9 Å². The minimum absolute atomic E-state index is 0.0898. The van der Waals surface area contributed by atoms with Crippen molar-refractivity contribution in [3.8, 4) is 0 Å². The molecular formula is C20H23N3O2. The SMILES string of the molecule is Cc1cccc(CNC(=O)c2ccnc(C(=O)N3CCCCC3)c2)c1. The quantitative estimate of drug-likeness (QED) is 0.933.